The highest BCUT2D eigenvalue weighted by molar-refractivity contribution is 7.99. The molecule has 28 heavy (non-hydrogen) atoms. The number of amides is 1. The highest BCUT2D eigenvalue weighted by Gasteiger charge is 2.20. The van der Waals surface area contributed by atoms with Gasteiger partial charge in [-0.3, -0.25) is 9.36 Å². The van der Waals surface area contributed by atoms with Crippen LogP contribution in [0.2, 0.25) is 5.02 Å². The zero-order valence-electron chi connectivity index (χ0n) is 15.4. The van der Waals surface area contributed by atoms with E-state index in [-0.39, 0.29) is 5.91 Å². The number of halogens is 1. The molecule has 1 amide bonds. The molecule has 1 aromatic carbocycles. The quantitative estimate of drug-likeness (QED) is 0.403. The van der Waals surface area contributed by atoms with Gasteiger partial charge in [-0.1, -0.05) is 23.4 Å². The number of hydrogen-bond acceptors (Lipinski definition) is 5. The molecule has 0 atom stereocenters. The monoisotopic (exact) mass is 416 g/mol. The minimum Gasteiger partial charge on any atom is -0.467 e. The van der Waals surface area contributed by atoms with Crippen LogP contribution in [-0.4, -0.2) is 44.4 Å². The Bertz CT molecular complexity index is 924. The molecule has 8 heteroatoms. The number of likely N-dealkylation sites (tertiary alicyclic amines) is 1. The minimum absolute atomic E-state index is 0.274. The first kappa shape index (κ1) is 19.1. The molecule has 0 spiro atoms. The molecule has 0 bridgehead atoms. The lowest BCUT2D eigenvalue weighted by molar-refractivity contribution is -0.127. The van der Waals surface area contributed by atoms with Crippen molar-refractivity contribution < 1.29 is 9.21 Å². The van der Waals surface area contributed by atoms with Gasteiger partial charge in [-0.15, -0.1) is 10.2 Å². The number of hydrogen-bond donors (Lipinski definition) is 0. The second kappa shape index (κ2) is 8.84. The number of nitrogens with zero attached hydrogens (tertiary/aromatic N) is 4. The molecule has 1 aliphatic heterocycles. The van der Waals surface area contributed by atoms with Crippen molar-refractivity contribution in [3.05, 3.63) is 53.4 Å². The average Bonchev–Trinajstić information content (AvgIpc) is 3.43. The molecule has 0 saturated carbocycles. The predicted octanol–water partition coefficient (Wildman–Crippen LogP) is 4.34. The lowest BCUT2D eigenvalue weighted by Crippen LogP contribution is -2.25. The molecule has 3 aromatic rings. The summed E-state index contributed by atoms with van der Waals surface area (Å²) in [5.41, 5.74) is 0.956. The van der Waals surface area contributed by atoms with Gasteiger partial charge < -0.3 is 9.32 Å². The Hall–Kier alpha value is -2.25. The van der Waals surface area contributed by atoms with E-state index in [0.29, 0.717) is 18.0 Å². The van der Waals surface area contributed by atoms with E-state index < -0.39 is 0 Å². The summed E-state index contributed by atoms with van der Waals surface area (Å²) in [7, 11) is 0. The number of benzene rings is 1. The Balaban J connectivity index is 1.47. The third-order valence-electron chi connectivity index (χ3n) is 4.69. The van der Waals surface area contributed by atoms with Gasteiger partial charge in [0.2, 0.25) is 5.91 Å². The Morgan fingerprint density at radius 1 is 1.18 bits per heavy atom. The Kier molecular flexibility index (Phi) is 6.02. The van der Waals surface area contributed by atoms with E-state index in [1.807, 2.05) is 41.3 Å². The molecule has 1 saturated heterocycles. The Labute approximate surface area is 172 Å². The average molecular weight is 417 g/mol. The number of carbonyl (C=O) groups excluding carboxylic acids is 1. The standard InChI is InChI=1S/C20H21ClN4O2S/c21-16-8-6-15(7-9-16)19-22-23-20(25(19)14-17-4-2-12-27-17)28-13-3-11-24-10-1-5-18(24)26/h2,4,6-9,12H,1,3,5,10-11,13-14H2. The van der Waals surface area contributed by atoms with Gasteiger partial charge in [-0.2, -0.15) is 0 Å². The fourth-order valence-electron chi connectivity index (χ4n) is 3.27. The second-order valence-corrected chi connectivity index (χ2v) is 8.16. The zero-order chi connectivity index (χ0) is 19.3. The van der Waals surface area contributed by atoms with Gasteiger partial charge in [0.1, 0.15) is 5.76 Å². The number of thioether (sulfide) groups is 1. The van der Waals surface area contributed by atoms with E-state index in [2.05, 4.69) is 14.8 Å². The number of aromatic nitrogens is 3. The van der Waals surface area contributed by atoms with Gasteiger partial charge in [-0.25, -0.2) is 0 Å². The van der Waals surface area contributed by atoms with Crippen LogP contribution in [0.5, 0.6) is 0 Å². The summed E-state index contributed by atoms with van der Waals surface area (Å²) in [5, 5.41) is 10.3. The lowest BCUT2D eigenvalue weighted by Gasteiger charge is -2.14. The van der Waals surface area contributed by atoms with E-state index in [9.17, 15) is 4.79 Å². The summed E-state index contributed by atoms with van der Waals surface area (Å²) in [5.74, 6) is 2.78. The van der Waals surface area contributed by atoms with Crippen molar-refractivity contribution in [1.29, 1.82) is 0 Å². The van der Waals surface area contributed by atoms with Crippen molar-refractivity contribution in [3.8, 4) is 11.4 Å². The van der Waals surface area contributed by atoms with Gasteiger partial charge in [0.15, 0.2) is 11.0 Å². The van der Waals surface area contributed by atoms with Crippen LogP contribution in [0.25, 0.3) is 11.4 Å². The van der Waals surface area contributed by atoms with Crippen LogP contribution >= 0.6 is 23.4 Å². The van der Waals surface area contributed by atoms with Crippen LogP contribution in [-0.2, 0) is 11.3 Å². The van der Waals surface area contributed by atoms with Crippen molar-refractivity contribution in [3.63, 3.8) is 0 Å². The van der Waals surface area contributed by atoms with E-state index in [0.717, 1.165) is 54.0 Å². The lowest BCUT2D eigenvalue weighted by atomic mass is 10.2. The smallest absolute Gasteiger partial charge is 0.222 e. The molecule has 0 aliphatic carbocycles. The highest BCUT2D eigenvalue weighted by Crippen LogP contribution is 2.27. The largest absolute Gasteiger partial charge is 0.467 e. The van der Waals surface area contributed by atoms with Crippen molar-refractivity contribution in [2.45, 2.75) is 31.0 Å². The molecule has 3 heterocycles. The SMILES string of the molecule is O=C1CCCN1CCCSc1nnc(-c2ccc(Cl)cc2)n1Cc1ccco1. The second-order valence-electron chi connectivity index (χ2n) is 6.66. The summed E-state index contributed by atoms with van der Waals surface area (Å²) < 4.78 is 7.59. The maximum Gasteiger partial charge on any atom is 0.222 e. The van der Waals surface area contributed by atoms with Crippen LogP contribution in [0.3, 0.4) is 0 Å². The van der Waals surface area contributed by atoms with Crippen LogP contribution in [0, 0.1) is 0 Å². The predicted molar refractivity (Wildman–Crippen MR) is 109 cm³/mol. The van der Waals surface area contributed by atoms with Crippen LogP contribution < -0.4 is 0 Å². The van der Waals surface area contributed by atoms with Gasteiger partial charge in [0.25, 0.3) is 0 Å². The molecule has 1 aliphatic rings. The topological polar surface area (TPSA) is 64.2 Å². The van der Waals surface area contributed by atoms with E-state index in [1.54, 1.807) is 18.0 Å². The summed E-state index contributed by atoms with van der Waals surface area (Å²) in [6, 6.07) is 11.4. The highest BCUT2D eigenvalue weighted by atomic mass is 35.5. The van der Waals surface area contributed by atoms with Gasteiger partial charge >= 0.3 is 0 Å². The van der Waals surface area contributed by atoms with Crippen LogP contribution in [0.4, 0.5) is 0 Å². The molecule has 4 rings (SSSR count). The molecule has 0 N–H and O–H groups in total. The normalized spacial score (nSPS) is 14.2. The molecular formula is C20H21ClN4O2S. The minimum atomic E-state index is 0.274. The molecule has 6 nitrogen and oxygen atoms in total. The molecular weight excluding hydrogens is 396 g/mol. The van der Waals surface area contributed by atoms with Crippen molar-refractivity contribution in [2.24, 2.45) is 0 Å². The van der Waals surface area contributed by atoms with E-state index in [1.165, 1.54) is 0 Å². The third kappa shape index (κ3) is 4.42. The van der Waals surface area contributed by atoms with Crippen LogP contribution in [0.15, 0.2) is 52.2 Å². The van der Waals surface area contributed by atoms with Crippen molar-refractivity contribution in [1.82, 2.24) is 19.7 Å². The fourth-order valence-corrected chi connectivity index (χ4v) is 4.26. The van der Waals surface area contributed by atoms with Crippen molar-refractivity contribution in [2.75, 3.05) is 18.8 Å². The zero-order valence-corrected chi connectivity index (χ0v) is 17.0. The summed E-state index contributed by atoms with van der Waals surface area (Å²) in [6.07, 6.45) is 4.27. The van der Waals surface area contributed by atoms with E-state index in [4.69, 9.17) is 16.0 Å². The maximum absolute atomic E-state index is 11.7. The molecule has 1 fully saturated rings. The van der Waals surface area contributed by atoms with Crippen molar-refractivity contribution >= 4 is 29.3 Å². The summed E-state index contributed by atoms with van der Waals surface area (Å²) in [6.45, 7) is 2.26. The van der Waals surface area contributed by atoms with Crippen LogP contribution in [0.1, 0.15) is 25.0 Å². The van der Waals surface area contributed by atoms with Gasteiger partial charge in [0.05, 0.1) is 12.8 Å². The molecule has 2 aromatic heterocycles. The Morgan fingerprint density at radius 2 is 2.04 bits per heavy atom. The number of rotatable bonds is 8. The maximum atomic E-state index is 11.7. The summed E-state index contributed by atoms with van der Waals surface area (Å²) >= 11 is 7.67. The molecule has 146 valence electrons. The molecule has 0 radical (unpaired) electrons. The first-order valence-corrected chi connectivity index (χ1v) is 10.7. The van der Waals surface area contributed by atoms with Gasteiger partial charge in [-0.05, 0) is 49.2 Å². The third-order valence-corrected chi connectivity index (χ3v) is 5.99. The summed E-state index contributed by atoms with van der Waals surface area (Å²) in [4.78, 5) is 13.7. The van der Waals surface area contributed by atoms with Gasteiger partial charge in [0, 0.05) is 35.8 Å². The Morgan fingerprint density at radius 3 is 2.75 bits per heavy atom. The number of furan rings is 1. The van der Waals surface area contributed by atoms with E-state index >= 15 is 0 Å². The first-order valence-electron chi connectivity index (χ1n) is 9.33. The number of carbonyl (C=O) groups is 1. The first-order chi connectivity index (χ1) is 13.7. The fraction of sp³-hybridized carbons (Fsp3) is 0.350. The molecule has 0 unspecified atom stereocenters.